The topological polar surface area (TPSA) is 37.4 Å². The lowest BCUT2D eigenvalue weighted by Crippen LogP contribution is -2.37. The average molecular weight is 277 g/mol. The lowest BCUT2D eigenvalue weighted by molar-refractivity contribution is 0.0458. The highest BCUT2D eigenvalue weighted by Gasteiger charge is 2.20. The van der Waals surface area contributed by atoms with Crippen LogP contribution in [0.4, 0.5) is 5.82 Å². The van der Waals surface area contributed by atoms with Crippen molar-refractivity contribution in [2.24, 2.45) is 0 Å². The Kier molecular flexibility index (Phi) is 5.80. The third-order valence-electron chi connectivity index (χ3n) is 3.65. The summed E-state index contributed by atoms with van der Waals surface area (Å²) in [5, 5.41) is 3.41. The summed E-state index contributed by atoms with van der Waals surface area (Å²) >= 11 is 0. The molecular weight excluding hydrogens is 250 g/mol. The molecule has 0 radical (unpaired) electrons. The zero-order chi connectivity index (χ0) is 14.4. The number of ether oxygens (including phenoxy) is 1. The van der Waals surface area contributed by atoms with E-state index >= 15 is 0 Å². The zero-order valence-corrected chi connectivity index (χ0v) is 12.9. The molecule has 0 unspecified atom stereocenters. The summed E-state index contributed by atoms with van der Waals surface area (Å²) in [6.45, 7) is 10.1. The van der Waals surface area contributed by atoms with Crippen LogP contribution in [0.25, 0.3) is 0 Å². The van der Waals surface area contributed by atoms with Crippen molar-refractivity contribution in [1.29, 1.82) is 0 Å². The van der Waals surface area contributed by atoms with Gasteiger partial charge in [0.25, 0.3) is 0 Å². The number of rotatable bonds is 6. The summed E-state index contributed by atoms with van der Waals surface area (Å²) < 4.78 is 5.70. The minimum absolute atomic E-state index is 0.432. The van der Waals surface area contributed by atoms with Gasteiger partial charge in [0, 0.05) is 32.3 Å². The fourth-order valence-corrected chi connectivity index (χ4v) is 2.54. The number of pyridine rings is 1. The highest BCUT2D eigenvalue weighted by molar-refractivity contribution is 5.39. The first-order valence-corrected chi connectivity index (χ1v) is 7.75. The molecule has 1 aromatic rings. The molecule has 1 fully saturated rings. The molecule has 0 saturated carbocycles. The molecule has 1 saturated heterocycles. The highest BCUT2D eigenvalue weighted by atomic mass is 16.5. The molecule has 1 aliphatic heterocycles. The van der Waals surface area contributed by atoms with Crippen LogP contribution < -0.4 is 10.2 Å². The van der Waals surface area contributed by atoms with Crippen molar-refractivity contribution in [3.8, 4) is 0 Å². The number of hydrogen-bond acceptors (Lipinski definition) is 4. The predicted molar refractivity (Wildman–Crippen MR) is 83.1 cm³/mol. The summed E-state index contributed by atoms with van der Waals surface area (Å²) in [7, 11) is 0. The predicted octanol–water partition coefficient (Wildman–Crippen LogP) is 2.58. The maximum Gasteiger partial charge on any atom is 0.128 e. The monoisotopic (exact) mass is 277 g/mol. The molecule has 2 rings (SSSR count). The minimum Gasteiger partial charge on any atom is -0.378 e. The number of nitrogens with one attached hydrogen (secondary N) is 1. The van der Waals surface area contributed by atoms with Crippen LogP contribution in [0.2, 0.25) is 0 Å². The first-order valence-electron chi connectivity index (χ1n) is 7.75. The van der Waals surface area contributed by atoms with Crippen LogP contribution in [-0.4, -0.2) is 36.8 Å². The van der Waals surface area contributed by atoms with E-state index in [1.807, 2.05) is 0 Å². The normalized spacial score (nSPS) is 16.9. The molecule has 4 heteroatoms. The number of anilines is 1. The summed E-state index contributed by atoms with van der Waals surface area (Å²) in [5.41, 5.74) is 1.11. The van der Waals surface area contributed by atoms with Gasteiger partial charge in [-0.3, -0.25) is 0 Å². The number of hydrogen-bond donors (Lipinski definition) is 1. The summed E-state index contributed by atoms with van der Waals surface area (Å²) in [5.74, 6) is 1.10. The SMILES string of the molecule is CCOC1CCN(c2cccc(CNC(C)C)n2)CC1. The van der Waals surface area contributed by atoms with E-state index in [1.54, 1.807) is 0 Å². The Balaban J connectivity index is 1.91. The van der Waals surface area contributed by atoms with Gasteiger partial charge in [0.2, 0.25) is 0 Å². The van der Waals surface area contributed by atoms with E-state index in [0.717, 1.165) is 50.6 Å². The van der Waals surface area contributed by atoms with Gasteiger partial charge in [-0.2, -0.15) is 0 Å². The van der Waals surface area contributed by atoms with Gasteiger partial charge >= 0.3 is 0 Å². The van der Waals surface area contributed by atoms with Gasteiger partial charge < -0.3 is 15.0 Å². The largest absolute Gasteiger partial charge is 0.378 e. The minimum atomic E-state index is 0.432. The van der Waals surface area contributed by atoms with Crippen LogP contribution in [0.3, 0.4) is 0 Å². The fourth-order valence-electron chi connectivity index (χ4n) is 2.54. The first kappa shape index (κ1) is 15.3. The van der Waals surface area contributed by atoms with Crippen LogP contribution in [0.15, 0.2) is 18.2 Å². The van der Waals surface area contributed by atoms with Crippen molar-refractivity contribution < 1.29 is 4.74 Å². The summed E-state index contributed by atoms with van der Waals surface area (Å²) in [4.78, 5) is 7.13. The molecular formula is C16H27N3O. The van der Waals surface area contributed by atoms with Crippen molar-refractivity contribution in [3.63, 3.8) is 0 Å². The Hall–Kier alpha value is -1.13. The average Bonchev–Trinajstić information content (AvgIpc) is 2.47. The van der Waals surface area contributed by atoms with Gasteiger partial charge in [0.05, 0.1) is 11.8 Å². The van der Waals surface area contributed by atoms with Crippen LogP contribution in [0.1, 0.15) is 39.3 Å². The quantitative estimate of drug-likeness (QED) is 0.867. The van der Waals surface area contributed by atoms with Crippen LogP contribution in [-0.2, 0) is 11.3 Å². The number of nitrogens with zero attached hydrogens (tertiary/aromatic N) is 2. The van der Waals surface area contributed by atoms with Crippen molar-refractivity contribution in [1.82, 2.24) is 10.3 Å². The first-order chi connectivity index (χ1) is 9.69. The second-order valence-corrected chi connectivity index (χ2v) is 5.66. The Labute approximate surface area is 122 Å². The van der Waals surface area contributed by atoms with E-state index in [9.17, 15) is 0 Å². The summed E-state index contributed by atoms with van der Waals surface area (Å²) in [6, 6.07) is 6.79. The van der Waals surface area contributed by atoms with Gasteiger partial charge in [-0.15, -0.1) is 0 Å². The van der Waals surface area contributed by atoms with Crippen molar-refractivity contribution in [3.05, 3.63) is 23.9 Å². The molecule has 0 spiro atoms. The van der Waals surface area contributed by atoms with E-state index in [1.165, 1.54) is 0 Å². The molecule has 4 nitrogen and oxygen atoms in total. The van der Waals surface area contributed by atoms with Crippen molar-refractivity contribution in [2.75, 3.05) is 24.6 Å². The lowest BCUT2D eigenvalue weighted by atomic mass is 10.1. The van der Waals surface area contributed by atoms with Crippen LogP contribution >= 0.6 is 0 Å². The highest BCUT2D eigenvalue weighted by Crippen LogP contribution is 2.19. The number of aromatic nitrogens is 1. The maximum absolute atomic E-state index is 5.70. The molecule has 2 heterocycles. The fraction of sp³-hybridized carbons (Fsp3) is 0.688. The standard InChI is InChI=1S/C16H27N3O/c1-4-20-15-8-10-19(11-9-15)16-7-5-6-14(18-16)12-17-13(2)3/h5-7,13,15,17H,4,8-12H2,1-3H3. The van der Waals surface area contributed by atoms with Gasteiger partial charge in [-0.25, -0.2) is 4.98 Å². The van der Waals surface area contributed by atoms with E-state index in [4.69, 9.17) is 9.72 Å². The second-order valence-electron chi connectivity index (χ2n) is 5.66. The van der Waals surface area contributed by atoms with E-state index in [0.29, 0.717) is 12.1 Å². The summed E-state index contributed by atoms with van der Waals surface area (Å²) in [6.07, 6.45) is 2.63. The Morgan fingerprint density at radius 2 is 2.10 bits per heavy atom. The molecule has 0 amide bonds. The molecule has 0 bridgehead atoms. The third kappa shape index (κ3) is 4.46. The van der Waals surface area contributed by atoms with Crippen LogP contribution in [0.5, 0.6) is 0 Å². The Bertz CT molecular complexity index is 400. The molecule has 1 aromatic heterocycles. The van der Waals surface area contributed by atoms with Crippen molar-refractivity contribution in [2.45, 2.75) is 52.3 Å². The zero-order valence-electron chi connectivity index (χ0n) is 12.9. The molecule has 0 aliphatic carbocycles. The van der Waals surface area contributed by atoms with E-state index in [2.05, 4.69) is 49.2 Å². The second kappa shape index (κ2) is 7.60. The van der Waals surface area contributed by atoms with Gasteiger partial charge in [-0.05, 0) is 31.9 Å². The molecule has 1 N–H and O–H groups in total. The van der Waals surface area contributed by atoms with E-state index in [-0.39, 0.29) is 0 Å². The van der Waals surface area contributed by atoms with Crippen LogP contribution in [0, 0.1) is 0 Å². The molecule has 20 heavy (non-hydrogen) atoms. The van der Waals surface area contributed by atoms with Gasteiger partial charge in [0.15, 0.2) is 0 Å². The molecule has 0 atom stereocenters. The Morgan fingerprint density at radius 1 is 1.35 bits per heavy atom. The number of piperidine rings is 1. The van der Waals surface area contributed by atoms with Crippen molar-refractivity contribution >= 4 is 5.82 Å². The van der Waals surface area contributed by atoms with Gasteiger partial charge in [0.1, 0.15) is 5.82 Å². The molecule has 1 aliphatic rings. The molecule has 112 valence electrons. The van der Waals surface area contributed by atoms with E-state index < -0.39 is 0 Å². The van der Waals surface area contributed by atoms with Gasteiger partial charge in [-0.1, -0.05) is 19.9 Å². The third-order valence-corrected chi connectivity index (χ3v) is 3.65. The smallest absolute Gasteiger partial charge is 0.128 e. The Morgan fingerprint density at radius 3 is 2.75 bits per heavy atom. The lowest BCUT2D eigenvalue weighted by Gasteiger charge is -2.32. The molecule has 0 aromatic carbocycles. The maximum atomic E-state index is 5.70.